The van der Waals surface area contributed by atoms with E-state index in [1.807, 2.05) is 12.1 Å². The molecule has 0 aromatic heterocycles. The molecule has 23 heavy (non-hydrogen) atoms. The molecule has 0 heterocycles. The Kier molecular flexibility index (Phi) is 4.39. The molecule has 3 N–H and O–H groups in total. The van der Waals surface area contributed by atoms with Crippen LogP contribution >= 0.6 is 0 Å². The first kappa shape index (κ1) is 16.0. The van der Waals surface area contributed by atoms with Crippen molar-refractivity contribution in [3.05, 3.63) is 35.4 Å². The van der Waals surface area contributed by atoms with Gasteiger partial charge in [0.25, 0.3) is 5.91 Å². The van der Waals surface area contributed by atoms with E-state index in [-0.39, 0.29) is 24.0 Å². The molecule has 2 saturated carbocycles. The van der Waals surface area contributed by atoms with Crippen LogP contribution in [0, 0.1) is 0 Å². The van der Waals surface area contributed by atoms with E-state index in [1.165, 1.54) is 7.11 Å². The fourth-order valence-electron chi connectivity index (χ4n) is 3.46. The number of nitrogens with two attached hydrogens (primary N) is 1. The Morgan fingerprint density at radius 2 is 1.83 bits per heavy atom. The van der Waals surface area contributed by atoms with Crippen LogP contribution in [0.3, 0.4) is 0 Å². The molecule has 5 heteroatoms. The maximum atomic E-state index is 12.4. The lowest BCUT2D eigenvalue weighted by atomic mass is 9.90. The van der Waals surface area contributed by atoms with Gasteiger partial charge in [-0.15, -0.1) is 0 Å². The maximum Gasteiger partial charge on any atom is 0.316 e. The molecule has 0 spiro atoms. The predicted molar refractivity (Wildman–Crippen MR) is 87.1 cm³/mol. The van der Waals surface area contributed by atoms with E-state index in [1.54, 1.807) is 12.1 Å². The maximum absolute atomic E-state index is 12.4. The van der Waals surface area contributed by atoms with Crippen molar-refractivity contribution in [3.63, 3.8) is 0 Å². The Balaban J connectivity index is 1.67. The number of methoxy groups -OCH3 is 1. The molecule has 0 bridgehead atoms. The van der Waals surface area contributed by atoms with Gasteiger partial charge >= 0.3 is 5.97 Å². The lowest BCUT2D eigenvalue weighted by Gasteiger charge is -2.29. The molecule has 3 rings (SSSR count). The van der Waals surface area contributed by atoms with E-state index >= 15 is 0 Å². The SMILES string of the molecule is COC(=O)C1(c2ccc(C(=O)NC3CCCCC3N)cc2)CC1. The number of hydrogen-bond acceptors (Lipinski definition) is 4. The third-order valence-corrected chi connectivity index (χ3v) is 5.16. The molecule has 5 nitrogen and oxygen atoms in total. The molecule has 2 aliphatic rings. The van der Waals surface area contributed by atoms with Crippen molar-refractivity contribution in [1.29, 1.82) is 0 Å². The Hall–Kier alpha value is -1.88. The largest absolute Gasteiger partial charge is 0.468 e. The number of carbonyl (C=O) groups excluding carboxylic acids is 2. The van der Waals surface area contributed by atoms with Gasteiger partial charge in [0.2, 0.25) is 0 Å². The predicted octanol–water partition coefficient (Wildman–Crippen LogP) is 1.89. The average Bonchev–Trinajstić information content (AvgIpc) is 3.38. The summed E-state index contributed by atoms with van der Waals surface area (Å²) >= 11 is 0. The number of esters is 1. The van der Waals surface area contributed by atoms with E-state index < -0.39 is 5.41 Å². The zero-order valence-corrected chi connectivity index (χ0v) is 13.5. The van der Waals surface area contributed by atoms with Gasteiger partial charge in [-0.25, -0.2) is 0 Å². The number of nitrogens with one attached hydrogen (secondary N) is 1. The summed E-state index contributed by atoms with van der Waals surface area (Å²) in [5.74, 6) is -0.287. The number of hydrogen-bond donors (Lipinski definition) is 2. The lowest BCUT2D eigenvalue weighted by Crippen LogP contribution is -2.49. The molecule has 124 valence electrons. The van der Waals surface area contributed by atoms with Crippen LogP contribution in [0.4, 0.5) is 0 Å². The third kappa shape index (κ3) is 3.11. The summed E-state index contributed by atoms with van der Waals surface area (Å²) in [5.41, 5.74) is 7.12. The van der Waals surface area contributed by atoms with E-state index in [9.17, 15) is 9.59 Å². The Labute approximate surface area is 136 Å². The number of carbonyl (C=O) groups is 2. The fraction of sp³-hybridized carbons (Fsp3) is 0.556. The molecule has 2 atom stereocenters. The van der Waals surface area contributed by atoms with Crippen LogP contribution in [0.5, 0.6) is 0 Å². The van der Waals surface area contributed by atoms with Crippen LogP contribution in [0.1, 0.15) is 54.4 Å². The van der Waals surface area contributed by atoms with Crippen molar-refractivity contribution in [2.75, 3.05) is 7.11 Å². The molecule has 1 aromatic carbocycles. The molecule has 1 aromatic rings. The molecule has 1 amide bonds. The molecule has 2 unspecified atom stereocenters. The first-order valence-electron chi connectivity index (χ1n) is 8.32. The first-order valence-corrected chi connectivity index (χ1v) is 8.32. The smallest absolute Gasteiger partial charge is 0.316 e. The van der Waals surface area contributed by atoms with Crippen LogP contribution < -0.4 is 11.1 Å². The van der Waals surface area contributed by atoms with E-state index in [0.717, 1.165) is 44.1 Å². The van der Waals surface area contributed by atoms with Gasteiger partial charge in [-0.2, -0.15) is 0 Å². The highest BCUT2D eigenvalue weighted by Gasteiger charge is 2.52. The normalized spacial score (nSPS) is 25.5. The van der Waals surface area contributed by atoms with Crippen molar-refractivity contribution in [2.45, 2.75) is 56.0 Å². The van der Waals surface area contributed by atoms with Crippen molar-refractivity contribution < 1.29 is 14.3 Å². The Morgan fingerprint density at radius 3 is 2.39 bits per heavy atom. The van der Waals surface area contributed by atoms with Crippen molar-refractivity contribution >= 4 is 11.9 Å². The molecular formula is C18H24N2O3. The zero-order chi connectivity index (χ0) is 16.4. The fourth-order valence-corrected chi connectivity index (χ4v) is 3.46. The molecule has 2 aliphatic carbocycles. The molecule has 0 aliphatic heterocycles. The number of ether oxygens (including phenoxy) is 1. The van der Waals surface area contributed by atoms with Crippen LogP contribution in [-0.4, -0.2) is 31.1 Å². The lowest BCUT2D eigenvalue weighted by molar-refractivity contribution is -0.143. The van der Waals surface area contributed by atoms with Gasteiger partial charge in [-0.1, -0.05) is 25.0 Å². The third-order valence-electron chi connectivity index (χ3n) is 5.16. The highest BCUT2D eigenvalue weighted by molar-refractivity contribution is 5.95. The molecule has 2 fully saturated rings. The highest BCUT2D eigenvalue weighted by Crippen LogP contribution is 2.49. The van der Waals surface area contributed by atoms with Crippen LogP contribution in [0.2, 0.25) is 0 Å². The van der Waals surface area contributed by atoms with Crippen molar-refractivity contribution in [1.82, 2.24) is 5.32 Å². The number of benzene rings is 1. The second-order valence-corrected chi connectivity index (χ2v) is 6.68. The monoisotopic (exact) mass is 316 g/mol. The van der Waals surface area contributed by atoms with Crippen LogP contribution in [0.15, 0.2) is 24.3 Å². The van der Waals surface area contributed by atoms with Gasteiger partial charge in [-0.05, 0) is 43.4 Å². The van der Waals surface area contributed by atoms with Gasteiger partial charge in [0.15, 0.2) is 0 Å². The summed E-state index contributed by atoms with van der Waals surface area (Å²) in [7, 11) is 1.41. The minimum atomic E-state index is -0.491. The minimum Gasteiger partial charge on any atom is -0.468 e. The first-order chi connectivity index (χ1) is 11.1. The zero-order valence-electron chi connectivity index (χ0n) is 13.5. The number of rotatable bonds is 4. The summed E-state index contributed by atoms with van der Waals surface area (Å²) in [5, 5.41) is 3.04. The summed E-state index contributed by atoms with van der Waals surface area (Å²) < 4.78 is 4.89. The van der Waals surface area contributed by atoms with Gasteiger partial charge in [0, 0.05) is 17.6 Å². The molecular weight excluding hydrogens is 292 g/mol. The highest BCUT2D eigenvalue weighted by atomic mass is 16.5. The van der Waals surface area contributed by atoms with Gasteiger partial charge in [-0.3, -0.25) is 9.59 Å². The summed E-state index contributed by atoms with van der Waals surface area (Å²) in [4.78, 5) is 24.3. The Morgan fingerprint density at radius 1 is 1.17 bits per heavy atom. The summed E-state index contributed by atoms with van der Waals surface area (Å²) in [6, 6.07) is 7.38. The van der Waals surface area contributed by atoms with Crippen molar-refractivity contribution in [3.8, 4) is 0 Å². The van der Waals surface area contributed by atoms with Crippen LogP contribution in [0.25, 0.3) is 0 Å². The standard InChI is InChI=1S/C18H24N2O3/c1-23-17(22)18(10-11-18)13-8-6-12(7-9-13)16(21)20-15-5-3-2-4-14(15)19/h6-9,14-15H,2-5,10-11,19H2,1H3,(H,20,21). The summed E-state index contributed by atoms with van der Waals surface area (Å²) in [6.07, 6.45) is 5.77. The molecule has 0 saturated heterocycles. The van der Waals surface area contributed by atoms with E-state index in [0.29, 0.717) is 5.56 Å². The minimum absolute atomic E-state index is 0.0426. The molecule has 0 radical (unpaired) electrons. The van der Waals surface area contributed by atoms with Gasteiger partial charge in [0.05, 0.1) is 12.5 Å². The Bertz CT molecular complexity index is 593. The van der Waals surface area contributed by atoms with E-state index in [2.05, 4.69) is 5.32 Å². The topological polar surface area (TPSA) is 81.4 Å². The second kappa shape index (κ2) is 6.32. The summed E-state index contributed by atoms with van der Waals surface area (Å²) in [6.45, 7) is 0. The number of amides is 1. The average molecular weight is 316 g/mol. The van der Waals surface area contributed by atoms with Crippen LogP contribution in [-0.2, 0) is 14.9 Å². The van der Waals surface area contributed by atoms with Gasteiger partial charge in [0.1, 0.15) is 0 Å². The van der Waals surface area contributed by atoms with E-state index in [4.69, 9.17) is 10.5 Å². The quantitative estimate of drug-likeness (QED) is 0.831. The van der Waals surface area contributed by atoms with Crippen molar-refractivity contribution in [2.24, 2.45) is 5.73 Å². The second-order valence-electron chi connectivity index (χ2n) is 6.68. The van der Waals surface area contributed by atoms with Gasteiger partial charge < -0.3 is 15.8 Å².